The molecule has 0 spiro atoms. The van der Waals surface area contributed by atoms with Crippen LogP contribution in [0.25, 0.3) is 0 Å². The predicted octanol–water partition coefficient (Wildman–Crippen LogP) is 4.27. The first-order valence-corrected chi connectivity index (χ1v) is 8.19. The van der Waals surface area contributed by atoms with E-state index >= 15 is 0 Å². The van der Waals surface area contributed by atoms with Crippen molar-refractivity contribution in [1.29, 1.82) is 0 Å². The SMILES string of the molecule is CCCNC(Cc1ccc(CC)s1)C1CC1(C)C. The summed E-state index contributed by atoms with van der Waals surface area (Å²) in [4.78, 5) is 3.08. The summed E-state index contributed by atoms with van der Waals surface area (Å²) in [6.07, 6.45) is 5.01. The van der Waals surface area contributed by atoms with Crippen LogP contribution in [0.2, 0.25) is 0 Å². The zero-order valence-electron chi connectivity index (χ0n) is 12.3. The number of rotatable bonds is 7. The Labute approximate surface area is 116 Å². The van der Waals surface area contributed by atoms with Crippen LogP contribution in [-0.2, 0) is 12.8 Å². The Morgan fingerprint density at radius 2 is 2.00 bits per heavy atom. The first-order valence-electron chi connectivity index (χ1n) is 7.37. The minimum absolute atomic E-state index is 0.566. The van der Waals surface area contributed by atoms with Gasteiger partial charge in [0.25, 0.3) is 0 Å². The standard InChI is InChI=1S/C16H27NS/c1-5-9-17-15(14-11-16(14,3)4)10-13-8-7-12(6-2)18-13/h7-8,14-15,17H,5-6,9-11H2,1-4H3. The summed E-state index contributed by atoms with van der Waals surface area (Å²) in [5.74, 6) is 0.872. The summed E-state index contributed by atoms with van der Waals surface area (Å²) < 4.78 is 0. The number of nitrogens with one attached hydrogen (secondary N) is 1. The van der Waals surface area contributed by atoms with Gasteiger partial charge in [0, 0.05) is 15.8 Å². The highest BCUT2D eigenvalue weighted by Gasteiger charge is 2.49. The zero-order chi connectivity index (χ0) is 13.2. The molecule has 2 atom stereocenters. The predicted molar refractivity (Wildman–Crippen MR) is 81.4 cm³/mol. The highest BCUT2D eigenvalue weighted by atomic mass is 32.1. The summed E-state index contributed by atoms with van der Waals surface area (Å²) >= 11 is 2.00. The van der Waals surface area contributed by atoms with Crippen LogP contribution in [-0.4, -0.2) is 12.6 Å². The molecule has 1 heterocycles. The van der Waals surface area contributed by atoms with Crippen LogP contribution < -0.4 is 5.32 Å². The largest absolute Gasteiger partial charge is 0.313 e. The van der Waals surface area contributed by atoms with Crippen molar-refractivity contribution in [3.63, 3.8) is 0 Å². The molecule has 0 aromatic carbocycles. The van der Waals surface area contributed by atoms with Crippen LogP contribution in [0.15, 0.2) is 12.1 Å². The van der Waals surface area contributed by atoms with Gasteiger partial charge in [-0.15, -0.1) is 11.3 Å². The van der Waals surface area contributed by atoms with Gasteiger partial charge in [0.1, 0.15) is 0 Å². The lowest BCUT2D eigenvalue weighted by atomic mass is 10.0. The first kappa shape index (κ1) is 14.1. The van der Waals surface area contributed by atoms with Crippen molar-refractivity contribution in [1.82, 2.24) is 5.32 Å². The van der Waals surface area contributed by atoms with Crippen LogP contribution in [0.4, 0.5) is 0 Å². The molecular weight excluding hydrogens is 238 g/mol. The Morgan fingerprint density at radius 1 is 1.33 bits per heavy atom. The molecule has 0 saturated heterocycles. The number of hydrogen-bond acceptors (Lipinski definition) is 2. The van der Waals surface area contributed by atoms with Gasteiger partial charge in [-0.2, -0.15) is 0 Å². The third kappa shape index (κ3) is 3.36. The average Bonchev–Trinajstić information content (AvgIpc) is 2.77. The second-order valence-corrected chi connectivity index (χ2v) is 7.54. The summed E-state index contributed by atoms with van der Waals surface area (Å²) in [5.41, 5.74) is 0.566. The third-order valence-electron chi connectivity index (χ3n) is 4.22. The second kappa shape index (κ2) is 5.75. The average molecular weight is 265 g/mol. The number of aryl methyl sites for hydroxylation is 1. The molecule has 0 amide bonds. The van der Waals surface area contributed by atoms with Gasteiger partial charge in [0.05, 0.1) is 0 Å². The summed E-state index contributed by atoms with van der Waals surface area (Å²) in [6.45, 7) is 10.5. The van der Waals surface area contributed by atoms with Gasteiger partial charge in [0.2, 0.25) is 0 Å². The lowest BCUT2D eigenvalue weighted by Crippen LogP contribution is -2.34. The van der Waals surface area contributed by atoms with Crippen LogP contribution in [0.5, 0.6) is 0 Å². The van der Waals surface area contributed by atoms with Crippen LogP contribution in [0.3, 0.4) is 0 Å². The minimum Gasteiger partial charge on any atom is -0.313 e. The van der Waals surface area contributed by atoms with Gasteiger partial charge in [-0.25, -0.2) is 0 Å². The summed E-state index contributed by atoms with van der Waals surface area (Å²) in [6, 6.07) is 5.32. The lowest BCUT2D eigenvalue weighted by Gasteiger charge is -2.19. The molecule has 0 radical (unpaired) electrons. The monoisotopic (exact) mass is 265 g/mol. The molecule has 2 unspecified atom stereocenters. The zero-order valence-corrected chi connectivity index (χ0v) is 13.1. The Hall–Kier alpha value is -0.340. The molecule has 2 rings (SSSR count). The Kier molecular flexibility index (Phi) is 4.50. The summed E-state index contributed by atoms with van der Waals surface area (Å²) in [7, 11) is 0. The fraction of sp³-hybridized carbons (Fsp3) is 0.750. The van der Waals surface area contributed by atoms with Gasteiger partial charge < -0.3 is 5.32 Å². The molecule has 1 aromatic heterocycles. The van der Waals surface area contributed by atoms with E-state index in [1.165, 1.54) is 30.6 Å². The van der Waals surface area contributed by atoms with Gasteiger partial charge >= 0.3 is 0 Å². The van der Waals surface area contributed by atoms with Crippen LogP contribution >= 0.6 is 11.3 Å². The number of thiophene rings is 1. The normalized spacial score (nSPS) is 23.0. The fourth-order valence-corrected chi connectivity index (χ4v) is 3.84. The van der Waals surface area contributed by atoms with Gasteiger partial charge in [0.15, 0.2) is 0 Å². The van der Waals surface area contributed by atoms with Gasteiger partial charge in [-0.1, -0.05) is 27.7 Å². The van der Waals surface area contributed by atoms with Crippen molar-refractivity contribution in [3.8, 4) is 0 Å². The quantitative estimate of drug-likeness (QED) is 0.776. The van der Waals surface area contributed by atoms with E-state index in [0.717, 1.165) is 12.5 Å². The van der Waals surface area contributed by atoms with Crippen molar-refractivity contribution >= 4 is 11.3 Å². The van der Waals surface area contributed by atoms with Crippen molar-refractivity contribution in [2.45, 2.75) is 59.4 Å². The molecule has 102 valence electrons. The third-order valence-corrected chi connectivity index (χ3v) is 5.47. The summed E-state index contributed by atoms with van der Waals surface area (Å²) in [5, 5.41) is 3.77. The van der Waals surface area contributed by atoms with E-state index in [-0.39, 0.29) is 0 Å². The maximum atomic E-state index is 3.77. The van der Waals surface area contributed by atoms with Crippen molar-refractivity contribution in [3.05, 3.63) is 21.9 Å². The molecular formula is C16H27NS. The molecule has 1 N–H and O–H groups in total. The van der Waals surface area contributed by atoms with E-state index < -0.39 is 0 Å². The Morgan fingerprint density at radius 3 is 2.50 bits per heavy atom. The van der Waals surface area contributed by atoms with E-state index in [2.05, 4.69) is 45.1 Å². The van der Waals surface area contributed by atoms with Crippen molar-refractivity contribution < 1.29 is 0 Å². The van der Waals surface area contributed by atoms with Crippen LogP contribution in [0.1, 0.15) is 50.3 Å². The number of hydrogen-bond donors (Lipinski definition) is 1. The van der Waals surface area contributed by atoms with Crippen molar-refractivity contribution in [2.75, 3.05) is 6.54 Å². The molecule has 1 aliphatic rings. The molecule has 1 saturated carbocycles. The van der Waals surface area contributed by atoms with E-state index in [4.69, 9.17) is 0 Å². The molecule has 0 aliphatic heterocycles. The van der Waals surface area contributed by atoms with Crippen molar-refractivity contribution in [2.24, 2.45) is 11.3 Å². The molecule has 1 aliphatic carbocycles. The molecule has 1 nitrogen and oxygen atoms in total. The second-order valence-electron chi connectivity index (χ2n) is 6.29. The highest BCUT2D eigenvalue weighted by molar-refractivity contribution is 7.11. The Bertz CT molecular complexity index is 380. The Balaban J connectivity index is 1.96. The fourth-order valence-electron chi connectivity index (χ4n) is 2.82. The molecule has 0 bridgehead atoms. The molecule has 18 heavy (non-hydrogen) atoms. The maximum absolute atomic E-state index is 3.77. The van der Waals surface area contributed by atoms with Gasteiger partial charge in [-0.05, 0) is 55.7 Å². The smallest absolute Gasteiger partial charge is 0.0149 e. The first-order chi connectivity index (χ1) is 8.56. The molecule has 1 aromatic rings. The van der Waals surface area contributed by atoms with E-state index in [1.54, 1.807) is 4.88 Å². The maximum Gasteiger partial charge on any atom is 0.0149 e. The minimum atomic E-state index is 0.566. The van der Waals surface area contributed by atoms with Crippen LogP contribution in [0, 0.1) is 11.3 Å². The van der Waals surface area contributed by atoms with E-state index in [9.17, 15) is 0 Å². The van der Waals surface area contributed by atoms with Gasteiger partial charge in [-0.3, -0.25) is 0 Å². The highest BCUT2D eigenvalue weighted by Crippen LogP contribution is 2.54. The topological polar surface area (TPSA) is 12.0 Å². The lowest BCUT2D eigenvalue weighted by molar-refractivity contribution is 0.404. The van der Waals surface area contributed by atoms with E-state index in [1.807, 2.05) is 11.3 Å². The van der Waals surface area contributed by atoms with E-state index in [0.29, 0.717) is 11.5 Å². The molecule has 2 heteroatoms. The molecule has 1 fully saturated rings.